The Morgan fingerprint density at radius 1 is 1.43 bits per heavy atom. The Labute approximate surface area is 84.7 Å². The number of likely N-dealkylation sites (N-methyl/N-ethyl adjacent to an activating group) is 1. The third kappa shape index (κ3) is 2.57. The van der Waals surface area contributed by atoms with E-state index in [2.05, 4.69) is 5.32 Å². The minimum atomic E-state index is 0.121. The fourth-order valence-electron chi connectivity index (χ4n) is 1.22. The van der Waals surface area contributed by atoms with Crippen molar-refractivity contribution in [3.63, 3.8) is 0 Å². The van der Waals surface area contributed by atoms with Gasteiger partial charge in [0.05, 0.1) is 6.54 Å². The number of Topliss-reactive ketones (excluding diaryl/α,β-unsaturated/α-hetero) is 1. The average molecular weight is 192 g/mol. The van der Waals surface area contributed by atoms with Gasteiger partial charge in [-0.15, -0.1) is 0 Å². The molecule has 0 aliphatic rings. The van der Waals surface area contributed by atoms with Crippen molar-refractivity contribution < 1.29 is 4.79 Å². The van der Waals surface area contributed by atoms with Gasteiger partial charge in [0.15, 0.2) is 5.78 Å². The van der Waals surface area contributed by atoms with Gasteiger partial charge in [-0.05, 0) is 19.2 Å². The van der Waals surface area contributed by atoms with E-state index in [-0.39, 0.29) is 5.78 Å². The Bertz CT molecular complexity index is 321. The maximum Gasteiger partial charge on any atom is 0.176 e. The zero-order chi connectivity index (χ0) is 10.6. The van der Waals surface area contributed by atoms with E-state index in [4.69, 9.17) is 0 Å². The molecule has 3 nitrogen and oxygen atoms in total. The largest absolute Gasteiger partial charge is 0.378 e. The average Bonchev–Trinajstić information content (AvgIpc) is 2.18. The van der Waals surface area contributed by atoms with Crippen LogP contribution in [0.1, 0.15) is 10.4 Å². The smallest absolute Gasteiger partial charge is 0.176 e. The van der Waals surface area contributed by atoms with Gasteiger partial charge in [0.1, 0.15) is 0 Å². The van der Waals surface area contributed by atoms with Crippen LogP contribution in [0.25, 0.3) is 0 Å². The molecule has 3 heteroatoms. The normalized spacial score (nSPS) is 9.93. The van der Waals surface area contributed by atoms with Gasteiger partial charge in [-0.1, -0.05) is 12.1 Å². The van der Waals surface area contributed by atoms with Gasteiger partial charge >= 0.3 is 0 Å². The van der Waals surface area contributed by atoms with Crippen LogP contribution in [0.3, 0.4) is 0 Å². The number of hydrogen-bond donors (Lipinski definition) is 1. The first kappa shape index (κ1) is 10.7. The number of nitrogens with zero attached hydrogens (tertiary/aromatic N) is 1. The lowest BCUT2D eigenvalue weighted by Gasteiger charge is -2.13. The highest BCUT2D eigenvalue weighted by Gasteiger charge is 2.05. The number of hydrogen-bond acceptors (Lipinski definition) is 3. The second-order valence-corrected chi connectivity index (χ2v) is 3.40. The zero-order valence-corrected chi connectivity index (χ0v) is 8.87. The number of anilines is 1. The predicted octanol–water partition coefficient (Wildman–Crippen LogP) is 1.15. The van der Waals surface area contributed by atoms with E-state index in [9.17, 15) is 4.79 Å². The minimum absolute atomic E-state index is 0.121. The number of carbonyl (C=O) groups is 1. The minimum Gasteiger partial charge on any atom is -0.378 e. The van der Waals surface area contributed by atoms with Gasteiger partial charge in [0.2, 0.25) is 0 Å². The molecule has 0 fully saturated rings. The molecule has 0 saturated carbocycles. The van der Waals surface area contributed by atoms with Gasteiger partial charge in [-0.25, -0.2) is 0 Å². The van der Waals surface area contributed by atoms with Gasteiger partial charge < -0.3 is 10.2 Å². The van der Waals surface area contributed by atoms with Crippen LogP contribution in [0.4, 0.5) is 5.69 Å². The monoisotopic (exact) mass is 192 g/mol. The first-order valence-electron chi connectivity index (χ1n) is 4.60. The lowest BCUT2D eigenvalue weighted by atomic mass is 10.1. The molecule has 1 aromatic carbocycles. The first-order chi connectivity index (χ1) is 6.65. The quantitative estimate of drug-likeness (QED) is 0.726. The molecule has 0 unspecified atom stereocenters. The Balaban J connectivity index is 2.88. The topological polar surface area (TPSA) is 32.3 Å². The molecule has 1 N–H and O–H groups in total. The van der Waals surface area contributed by atoms with Crippen LogP contribution < -0.4 is 10.2 Å². The second-order valence-electron chi connectivity index (χ2n) is 3.40. The number of ketones is 1. The molecule has 76 valence electrons. The van der Waals surface area contributed by atoms with Crippen LogP contribution >= 0.6 is 0 Å². The van der Waals surface area contributed by atoms with E-state index >= 15 is 0 Å². The molecular formula is C11H16N2O. The molecule has 0 amide bonds. The fraction of sp³-hybridized carbons (Fsp3) is 0.364. The highest BCUT2D eigenvalue weighted by molar-refractivity contribution is 5.98. The Morgan fingerprint density at radius 2 is 2.14 bits per heavy atom. The molecule has 0 spiro atoms. The van der Waals surface area contributed by atoms with Crippen molar-refractivity contribution in [2.24, 2.45) is 0 Å². The van der Waals surface area contributed by atoms with Gasteiger partial charge in [-0.3, -0.25) is 4.79 Å². The van der Waals surface area contributed by atoms with Crippen molar-refractivity contribution >= 4 is 11.5 Å². The summed E-state index contributed by atoms with van der Waals surface area (Å²) in [5, 5.41) is 2.85. The van der Waals surface area contributed by atoms with Crippen molar-refractivity contribution in [3.05, 3.63) is 29.8 Å². The molecule has 0 atom stereocenters. The summed E-state index contributed by atoms with van der Waals surface area (Å²) in [5.74, 6) is 0.121. The summed E-state index contributed by atoms with van der Waals surface area (Å²) in [7, 11) is 5.69. The molecule has 0 bridgehead atoms. The zero-order valence-electron chi connectivity index (χ0n) is 8.87. The highest BCUT2D eigenvalue weighted by atomic mass is 16.1. The number of nitrogens with one attached hydrogen (secondary N) is 1. The molecular weight excluding hydrogens is 176 g/mol. The molecule has 14 heavy (non-hydrogen) atoms. The molecule has 0 saturated heterocycles. The van der Waals surface area contributed by atoms with E-state index in [1.165, 1.54) is 0 Å². The van der Waals surface area contributed by atoms with E-state index in [0.29, 0.717) is 6.54 Å². The molecule has 0 aliphatic heterocycles. The standard InChI is InChI=1S/C11H16N2O/c1-12-8-11(14)9-5-4-6-10(7-9)13(2)3/h4-7,12H,8H2,1-3H3. The van der Waals surface area contributed by atoms with Crippen LogP contribution in [0.2, 0.25) is 0 Å². The lowest BCUT2D eigenvalue weighted by molar-refractivity contribution is 0.0993. The van der Waals surface area contributed by atoms with Crippen molar-refractivity contribution in [1.82, 2.24) is 5.32 Å². The Hall–Kier alpha value is -1.35. The summed E-state index contributed by atoms with van der Waals surface area (Å²) in [6.07, 6.45) is 0. The van der Waals surface area contributed by atoms with Crippen molar-refractivity contribution in [1.29, 1.82) is 0 Å². The first-order valence-corrected chi connectivity index (χ1v) is 4.60. The van der Waals surface area contributed by atoms with Crippen molar-refractivity contribution in [2.75, 3.05) is 32.6 Å². The number of benzene rings is 1. The molecule has 0 heterocycles. The highest BCUT2D eigenvalue weighted by Crippen LogP contribution is 2.13. The Kier molecular flexibility index (Phi) is 3.65. The SMILES string of the molecule is CNCC(=O)c1cccc(N(C)C)c1. The summed E-state index contributed by atoms with van der Waals surface area (Å²) < 4.78 is 0. The number of rotatable bonds is 4. The van der Waals surface area contributed by atoms with Gasteiger partial charge in [0, 0.05) is 25.3 Å². The third-order valence-corrected chi connectivity index (χ3v) is 2.02. The molecule has 0 radical (unpaired) electrons. The van der Waals surface area contributed by atoms with Crippen LogP contribution in [0.15, 0.2) is 24.3 Å². The molecule has 0 aliphatic carbocycles. The number of carbonyl (C=O) groups excluding carboxylic acids is 1. The van der Waals surface area contributed by atoms with Crippen LogP contribution in [-0.4, -0.2) is 33.5 Å². The summed E-state index contributed by atoms with van der Waals surface area (Å²) in [5.41, 5.74) is 1.80. The van der Waals surface area contributed by atoms with E-state index in [1.807, 2.05) is 43.3 Å². The lowest BCUT2D eigenvalue weighted by Crippen LogP contribution is -2.19. The van der Waals surface area contributed by atoms with Crippen LogP contribution in [-0.2, 0) is 0 Å². The molecule has 1 aromatic rings. The summed E-state index contributed by atoms with van der Waals surface area (Å²) in [4.78, 5) is 13.5. The summed E-state index contributed by atoms with van der Waals surface area (Å²) in [6, 6.07) is 7.63. The summed E-state index contributed by atoms with van der Waals surface area (Å²) in [6.45, 7) is 0.386. The maximum atomic E-state index is 11.5. The van der Waals surface area contributed by atoms with Gasteiger partial charge in [-0.2, -0.15) is 0 Å². The van der Waals surface area contributed by atoms with Crippen LogP contribution in [0, 0.1) is 0 Å². The Morgan fingerprint density at radius 3 is 2.71 bits per heavy atom. The van der Waals surface area contributed by atoms with Crippen molar-refractivity contribution in [2.45, 2.75) is 0 Å². The van der Waals surface area contributed by atoms with E-state index < -0.39 is 0 Å². The van der Waals surface area contributed by atoms with Gasteiger partial charge in [0.25, 0.3) is 0 Å². The summed E-state index contributed by atoms with van der Waals surface area (Å²) >= 11 is 0. The molecule has 1 rings (SSSR count). The molecule has 0 aromatic heterocycles. The van der Waals surface area contributed by atoms with E-state index in [1.54, 1.807) is 7.05 Å². The maximum absolute atomic E-state index is 11.5. The fourth-order valence-corrected chi connectivity index (χ4v) is 1.22. The van der Waals surface area contributed by atoms with Crippen molar-refractivity contribution in [3.8, 4) is 0 Å². The second kappa shape index (κ2) is 4.77. The third-order valence-electron chi connectivity index (χ3n) is 2.02. The predicted molar refractivity (Wildman–Crippen MR) is 59.0 cm³/mol. The van der Waals surface area contributed by atoms with Crippen LogP contribution in [0.5, 0.6) is 0 Å². The van der Waals surface area contributed by atoms with E-state index in [0.717, 1.165) is 11.3 Å².